The molecule has 0 spiro atoms. The van der Waals surface area contributed by atoms with E-state index in [0.29, 0.717) is 16.9 Å². The molecule has 0 saturated carbocycles. The molecule has 206 valence electrons. The van der Waals surface area contributed by atoms with Crippen molar-refractivity contribution < 1.29 is 45.3 Å². The highest BCUT2D eigenvalue weighted by Gasteiger charge is 2.44. The minimum Gasteiger partial charge on any atom is -0.489 e. The highest BCUT2D eigenvalue weighted by molar-refractivity contribution is 5.59. The molecule has 0 bridgehead atoms. The molecule has 0 saturated heterocycles. The number of aryl methyl sites for hydroxylation is 2. The quantitative estimate of drug-likeness (QED) is 0.254. The Morgan fingerprint density at radius 1 is 0.868 bits per heavy atom. The van der Waals surface area contributed by atoms with Crippen LogP contribution in [0.1, 0.15) is 27.8 Å². The average Bonchev–Trinajstić information content (AvgIpc) is 2.81. The van der Waals surface area contributed by atoms with Gasteiger partial charge in [-0.05, 0) is 49.2 Å². The molecule has 0 fully saturated rings. The van der Waals surface area contributed by atoms with Gasteiger partial charge in [0.25, 0.3) is 0 Å². The van der Waals surface area contributed by atoms with Crippen LogP contribution < -0.4 is 14.8 Å². The summed E-state index contributed by atoms with van der Waals surface area (Å²) in [4.78, 5) is 0. The molecule has 11 heteroatoms. The third-order valence-corrected chi connectivity index (χ3v) is 5.46. The highest BCUT2D eigenvalue weighted by atomic mass is 19.4. The monoisotopic (exact) mass is 545 g/mol. The van der Waals surface area contributed by atoms with Crippen LogP contribution in [0.25, 0.3) is 0 Å². The largest absolute Gasteiger partial charge is 0.489 e. The Morgan fingerprint density at radius 3 is 2.16 bits per heavy atom. The fourth-order valence-corrected chi connectivity index (χ4v) is 3.81. The number of ether oxygens (including phenoxy) is 2. The first-order valence-corrected chi connectivity index (χ1v) is 11.5. The van der Waals surface area contributed by atoms with E-state index in [1.165, 1.54) is 18.2 Å². The van der Waals surface area contributed by atoms with Gasteiger partial charge < -0.3 is 19.9 Å². The minimum absolute atomic E-state index is 0.0368. The Bertz CT molecular complexity index is 1210. The van der Waals surface area contributed by atoms with E-state index < -0.39 is 37.1 Å². The van der Waals surface area contributed by atoms with Gasteiger partial charge in [0.15, 0.2) is 6.10 Å². The third-order valence-electron chi connectivity index (χ3n) is 5.46. The molecule has 3 aromatic rings. The first-order chi connectivity index (χ1) is 17.7. The maximum absolute atomic E-state index is 13.4. The van der Waals surface area contributed by atoms with Crippen molar-refractivity contribution in [2.45, 2.75) is 51.7 Å². The number of halogens is 7. The number of anilines is 1. The number of aliphatic hydroxyl groups is 1. The number of hydrogen-bond donors (Lipinski definition) is 2. The third kappa shape index (κ3) is 8.01. The first-order valence-electron chi connectivity index (χ1n) is 11.5. The van der Waals surface area contributed by atoms with Crippen molar-refractivity contribution in [3.8, 4) is 11.5 Å². The Hall–Kier alpha value is -3.47. The Morgan fingerprint density at radius 2 is 1.53 bits per heavy atom. The van der Waals surface area contributed by atoms with E-state index in [1.54, 1.807) is 12.1 Å². The van der Waals surface area contributed by atoms with E-state index >= 15 is 0 Å². The molecule has 0 aliphatic rings. The lowest BCUT2D eigenvalue weighted by Gasteiger charge is -2.21. The van der Waals surface area contributed by atoms with Crippen LogP contribution in [-0.2, 0) is 13.0 Å². The molecule has 38 heavy (non-hydrogen) atoms. The average molecular weight is 545 g/mol. The molecule has 1 atom stereocenters. The maximum Gasteiger partial charge on any atom is 0.461 e. The smallest absolute Gasteiger partial charge is 0.461 e. The van der Waals surface area contributed by atoms with E-state index in [-0.39, 0.29) is 18.7 Å². The number of alkyl halides is 7. The predicted molar refractivity (Wildman–Crippen MR) is 128 cm³/mol. The second kappa shape index (κ2) is 11.9. The van der Waals surface area contributed by atoms with Crippen LogP contribution in [0.5, 0.6) is 11.5 Å². The molecule has 0 aliphatic heterocycles. The van der Waals surface area contributed by atoms with Crippen molar-refractivity contribution in [2.75, 3.05) is 11.9 Å². The second-order valence-electron chi connectivity index (χ2n) is 8.79. The molecule has 2 N–H and O–H groups in total. The van der Waals surface area contributed by atoms with E-state index in [0.717, 1.165) is 28.8 Å². The molecule has 0 amide bonds. The van der Waals surface area contributed by atoms with Gasteiger partial charge in [-0.15, -0.1) is 0 Å². The summed E-state index contributed by atoms with van der Waals surface area (Å²) in [5.41, 5.74) is 3.79. The number of benzene rings is 3. The van der Waals surface area contributed by atoms with E-state index in [2.05, 4.69) is 10.1 Å². The summed E-state index contributed by atoms with van der Waals surface area (Å²) in [6.07, 6.45) is -16.3. The van der Waals surface area contributed by atoms with E-state index in [1.807, 2.05) is 32.0 Å². The van der Waals surface area contributed by atoms with Gasteiger partial charge >= 0.3 is 18.7 Å². The fraction of sp³-hybridized carbons (Fsp3) is 0.333. The van der Waals surface area contributed by atoms with Crippen LogP contribution in [0.3, 0.4) is 0 Å². The first kappa shape index (κ1) is 29.1. The van der Waals surface area contributed by atoms with Gasteiger partial charge in [0.1, 0.15) is 18.1 Å². The zero-order chi connectivity index (χ0) is 28.1. The molecule has 0 heterocycles. The van der Waals surface area contributed by atoms with Crippen LogP contribution in [0.2, 0.25) is 0 Å². The van der Waals surface area contributed by atoms with E-state index in [4.69, 9.17) is 4.74 Å². The zero-order valence-corrected chi connectivity index (χ0v) is 20.5. The van der Waals surface area contributed by atoms with Crippen molar-refractivity contribution in [1.82, 2.24) is 0 Å². The van der Waals surface area contributed by atoms with Crippen LogP contribution >= 0.6 is 0 Å². The predicted octanol–water partition coefficient (Wildman–Crippen LogP) is 7.05. The molecule has 0 aliphatic carbocycles. The number of aliphatic hydroxyl groups excluding tert-OH is 1. The molecule has 0 radical (unpaired) electrons. The van der Waals surface area contributed by atoms with Gasteiger partial charge in [-0.3, -0.25) is 0 Å². The highest BCUT2D eigenvalue weighted by Crippen LogP contribution is 2.33. The fourth-order valence-electron chi connectivity index (χ4n) is 3.81. The molecule has 3 aromatic carbocycles. The molecule has 4 nitrogen and oxygen atoms in total. The Labute approximate surface area is 215 Å². The Balaban J connectivity index is 1.91. The van der Waals surface area contributed by atoms with Gasteiger partial charge in [0, 0.05) is 24.2 Å². The number of nitrogens with one attached hydrogen (secondary N) is 1. The summed E-state index contributed by atoms with van der Waals surface area (Å²) < 4.78 is 101. The second-order valence-corrected chi connectivity index (χ2v) is 8.79. The lowest BCUT2D eigenvalue weighted by molar-refractivity contribution is -0.253. The van der Waals surface area contributed by atoms with Crippen LogP contribution in [-0.4, -0.2) is 36.5 Å². The summed E-state index contributed by atoms with van der Waals surface area (Å²) in [5, 5.41) is 12.0. The van der Waals surface area contributed by atoms with Crippen LogP contribution in [0.4, 0.5) is 36.4 Å². The van der Waals surface area contributed by atoms with Crippen molar-refractivity contribution in [3.05, 3.63) is 88.5 Å². The number of hydrogen-bond acceptors (Lipinski definition) is 4. The van der Waals surface area contributed by atoms with Gasteiger partial charge in [-0.25, -0.2) is 0 Å². The summed E-state index contributed by atoms with van der Waals surface area (Å²) in [5.74, 6) is -0.219. The summed E-state index contributed by atoms with van der Waals surface area (Å²) in [6.45, 7) is 3.13. The van der Waals surface area contributed by atoms with Gasteiger partial charge in [0.05, 0.1) is 0 Å². The number of rotatable bonds is 11. The van der Waals surface area contributed by atoms with Gasteiger partial charge in [-0.1, -0.05) is 47.5 Å². The summed E-state index contributed by atoms with van der Waals surface area (Å²) >= 11 is 0. The maximum atomic E-state index is 13.4. The lowest BCUT2D eigenvalue weighted by Crippen LogP contribution is -2.35. The lowest BCUT2D eigenvalue weighted by atomic mass is 10.0. The molecule has 3 rings (SSSR count). The topological polar surface area (TPSA) is 50.7 Å². The van der Waals surface area contributed by atoms with Crippen LogP contribution in [0, 0.1) is 13.8 Å². The van der Waals surface area contributed by atoms with Crippen molar-refractivity contribution in [1.29, 1.82) is 0 Å². The van der Waals surface area contributed by atoms with Gasteiger partial charge in [0.2, 0.25) is 0 Å². The Kier molecular flexibility index (Phi) is 9.14. The molecular formula is C27H26F7NO3. The van der Waals surface area contributed by atoms with Crippen molar-refractivity contribution in [3.63, 3.8) is 0 Å². The standard InChI is InChI=1S/C27H26F7NO3/c1-16-9-17(2)11-19(10-16)15-37-23-8-4-7-22(35-14-24(36)26(30,31)32)21(23)13-18-5-3-6-20(12-18)38-27(33,34)25(28)29/h3-12,24-25,35-36H,13-15H2,1-2H3/t24-/m1/s1. The van der Waals surface area contributed by atoms with E-state index in [9.17, 15) is 35.8 Å². The molecule has 0 unspecified atom stereocenters. The molecule has 0 aromatic heterocycles. The van der Waals surface area contributed by atoms with Crippen molar-refractivity contribution in [2.24, 2.45) is 0 Å². The van der Waals surface area contributed by atoms with Crippen LogP contribution in [0.15, 0.2) is 60.7 Å². The summed E-state index contributed by atoms with van der Waals surface area (Å²) in [7, 11) is 0. The zero-order valence-electron chi connectivity index (χ0n) is 20.5. The normalized spacial score (nSPS) is 12.9. The molecular weight excluding hydrogens is 519 g/mol. The summed E-state index contributed by atoms with van der Waals surface area (Å²) in [6, 6.07) is 15.5. The van der Waals surface area contributed by atoms with Gasteiger partial charge in [-0.2, -0.15) is 30.7 Å². The van der Waals surface area contributed by atoms with Crippen molar-refractivity contribution >= 4 is 5.69 Å². The minimum atomic E-state index is -4.84. The SMILES string of the molecule is Cc1cc(C)cc(COc2cccc(NC[C@@H](O)C(F)(F)F)c2Cc2cccc(OC(F)(F)C(F)F)c2)c1.